The summed E-state index contributed by atoms with van der Waals surface area (Å²) in [4.78, 5) is 17.9. The maximum Gasteiger partial charge on any atom is 0.410 e. The number of para-hydroxylation sites is 1. The standard InChI is InChI=1S/C18H26N4O4S/c1-5-22-14-8-6-7-9-15(14)27(24,25)19-16(22)20-10-12-21(13-11-20)17(23)26-18(2,3)4/h6-9H,5,10-13H2,1-4H3. The quantitative estimate of drug-likeness (QED) is 0.726. The Morgan fingerprint density at radius 2 is 1.78 bits per heavy atom. The molecule has 27 heavy (non-hydrogen) atoms. The van der Waals surface area contributed by atoms with Crippen LogP contribution in [0.2, 0.25) is 0 Å². The molecule has 2 aliphatic rings. The minimum Gasteiger partial charge on any atom is -0.444 e. The van der Waals surface area contributed by atoms with Crippen molar-refractivity contribution in [1.29, 1.82) is 0 Å². The molecule has 1 aromatic rings. The Balaban J connectivity index is 1.78. The van der Waals surface area contributed by atoms with Gasteiger partial charge >= 0.3 is 6.09 Å². The topological polar surface area (TPSA) is 82.5 Å². The fourth-order valence-electron chi connectivity index (χ4n) is 3.17. The van der Waals surface area contributed by atoms with E-state index in [1.165, 1.54) is 0 Å². The highest BCUT2D eigenvalue weighted by Gasteiger charge is 2.35. The van der Waals surface area contributed by atoms with Crippen LogP contribution in [0.1, 0.15) is 27.7 Å². The van der Waals surface area contributed by atoms with Gasteiger partial charge in [-0.15, -0.1) is 4.40 Å². The minimum absolute atomic E-state index is 0.225. The van der Waals surface area contributed by atoms with E-state index in [-0.39, 0.29) is 11.0 Å². The summed E-state index contributed by atoms with van der Waals surface area (Å²) in [5, 5.41) is 0. The van der Waals surface area contributed by atoms with Gasteiger partial charge in [-0.1, -0.05) is 12.1 Å². The van der Waals surface area contributed by atoms with Crippen molar-refractivity contribution in [2.45, 2.75) is 38.2 Å². The zero-order valence-corrected chi connectivity index (χ0v) is 17.0. The molecular formula is C18H26N4O4S. The van der Waals surface area contributed by atoms with Crippen LogP contribution in [0.4, 0.5) is 10.5 Å². The van der Waals surface area contributed by atoms with E-state index < -0.39 is 15.6 Å². The lowest BCUT2D eigenvalue weighted by atomic mass is 10.2. The van der Waals surface area contributed by atoms with Gasteiger partial charge in [0.05, 0.1) is 5.69 Å². The number of nitrogens with zero attached hydrogens (tertiary/aromatic N) is 4. The highest BCUT2D eigenvalue weighted by Crippen LogP contribution is 2.32. The Morgan fingerprint density at radius 1 is 1.15 bits per heavy atom. The number of piperazine rings is 1. The van der Waals surface area contributed by atoms with Crippen LogP contribution in [0.5, 0.6) is 0 Å². The van der Waals surface area contributed by atoms with Gasteiger partial charge in [0.1, 0.15) is 10.5 Å². The summed E-state index contributed by atoms with van der Waals surface area (Å²) >= 11 is 0. The molecule has 8 nitrogen and oxygen atoms in total. The van der Waals surface area contributed by atoms with Gasteiger partial charge < -0.3 is 19.4 Å². The van der Waals surface area contributed by atoms with E-state index in [4.69, 9.17) is 4.74 Å². The van der Waals surface area contributed by atoms with Crippen molar-refractivity contribution in [3.63, 3.8) is 0 Å². The second kappa shape index (κ2) is 7.03. The van der Waals surface area contributed by atoms with Crippen LogP contribution >= 0.6 is 0 Å². The molecule has 1 saturated heterocycles. The molecule has 0 bridgehead atoms. The zero-order chi connectivity index (χ0) is 19.8. The van der Waals surface area contributed by atoms with Crippen molar-refractivity contribution in [1.82, 2.24) is 9.80 Å². The van der Waals surface area contributed by atoms with E-state index in [9.17, 15) is 13.2 Å². The summed E-state index contributed by atoms with van der Waals surface area (Å²) in [6.45, 7) is 9.94. The van der Waals surface area contributed by atoms with Gasteiger partial charge in [0.25, 0.3) is 10.0 Å². The van der Waals surface area contributed by atoms with Gasteiger partial charge in [0, 0.05) is 32.7 Å². The first kappa shape index (κ1) is 19.5. The third-order valence-electron chi connectivity index (χ3n) is 4.41. The molecule has 3 rings (SSSR count). The molecule has 0 spiro atoms. The SMILES string of the molecule is CCN1C(N2CCN(C(=O)OC(C)(C)C)CC2)=NS(=O)(=O)c2ccccc21. The molecule has 0 unspecified atom stereocenters. The van der Waals surface area contributed by atoms with Crippen LogP contribution in [-0.2, 0) is 14.8 Å². The number of hydrogen-bond acceptors (Lipinski definition) is 6. The smallest absolute Gasteiger partial charge is 0.410 e. The molecule has 0 N–H and O–H groups in total. The molecule has 0 atom stereocenters. The molecule has 0 radical (unpaired) electrons. The molecule has 0 aliphatic carbocycles. The molecule has 1 aromatic carbocycles. The van der Waals surface area contributed by atoms with Gasteiger partial charge in [0.15, 0.2) is 0 Å². The number of hydrogen-bond donors (Lipinski definition) is 0. The Bertz CT molecular complexity index is 852. The van der Waals surface area contributed by atoms with Gasteiger partial charge in [-0.05, 0) is 39.8 Å². The third-order valence-corrected chi connectivity index (χ3v) is 5.71. The van der Waals surface area contributed by atoms with E-state index >= 15 is 0 Å². The lowest BCUT2D eigenvalue weighted by Crippen LogP contribution is -2.56. The van der Waals surface area contributed by atoms with Gasteiger partial charge in [-0.2, -0.15) is 8.42 Å². The molecule has 2 aliphatic heterocycles. The van der Waals surface area contributed by atoms with Crippen molar-refractivity contribution in [2.75, 3.05) is 37.6 Å². The number of rotatable bonds is 1. The highest BCUT2D eigenvalue weighted by atomic mass is 32.2. The summed E-state index contributed by atoms with van der Waals surface area (Å²) in [5.41, 5.74) is 0.0953. The number of benzene rings is 1. The first-order valence-corrected chi connectivity index (χ1v) is 10.5. The van der Waals surface area contributed by atoms with Crippen LogP contribution in [-0.4, -0.2) is 68.6 Å². The van der Waals surface area contributed by atoms with Crippen molar-refractivity contribution in [3.05, 3.63) is 24.3 Å². The molecule has 0 aromatic heterocycles. The normalized spacial score (nSPS) is 19.4. The number of fused-ring (bicyclic) bond motifs is 1. The zero-order valence-electron chi connectivity index (χ0n) is 16.2. The van der Waals surface area contributed by atoms with E-state index in [0.717, 1.165) is 0 Å². The molecule has 1 fully saturated rings. The molecule has 1 amide bonds. The average Bonchev–Trinajstić information content (AvgIpc) is 2.60. The van der Waals surface area contributed by atoms with E-state index in [2.05, 4.69) is 4.40 Å². The van der Waals surface area contributed by atoms with Crippen molar-refractivity contribution in [3.8, 4) is 0 Å². The number of carbonyl (C=O) groups excluding carboxylic acids is 1. The number of carbonyl (C=O) groups is 1. The Hall–Kier alpha value is -2.29. The minimum atomic E-state index is -3.74. The molecule has 0 saturated carbocycles. The molecule has 2 heterocycles. The Labute approximate surface area is 160 Å². The van der Waals surface area contributed by atoms with Gasteiger partial charge in [-0.25, -0.2) is 4.79 Å². The summed E-state index contributed by atoms with van der Waals surface area (Å²) in [6.07, 6.45) is -0.349. The fourth-order valence-corrected chi connectivity index (χ4v) is 4.39. The average molecular weight is 394 g/mol. The number of sulfonamides is 1. The first-order valence-electron chi connectivity index (χ1n) is 9.07. The van der Waals surface area contributed by atoms with Crippen LogP contribution < -0.4 is 4.90 Å². The van der Waals surface area contributed by atoms with Gasteiger partial charge in [-0.3, -0.25) is 0 Å². The van der Waals surface area contributed by atoms with Crippen LogP contribution in [0, 0.1) is 0 Å². The maximum atomic E-state index is 12.6. The highest BCUT2D eigenvalue weighted by molar-refractivity contribution is 7.90. The van der Waals surface area contributed by atoms with Crippen molar-refractivity contribution >= 4 is 27.8 Å². The number of guanidine groups is 1. The van der Waals surface area contributed by atoms with Crippen LogP contribution in [0.25, 0.3) is 0 Å². The predicted molar refractivity (Wildman–Crippen MR) is 103 cm³/mol. The van der Waals surface area contributed by atoms with Crippen molar-refractivity contribution in [2.24, 2.45) is 4.40 Å². The van der Waals surface area contributed by atoms with Crippen LogP contribution in [0.3, 0.4) is 0 Å². The van der Waals surface area contributed by atoms with Crippen molar-refractivity contribution < 1.29 is 17.9 Å². The number of ether oxygens (including phenoxy) is 1. The largest absolute Gasteiger partial charge is 0.444 e. The summed E-state index contributed by atoms with van der Waals surface area (Å²) in [5.74, 6) is 0.417. The first-order chi connectivity index (χ1) is 12.6. The van der Waals surface area contributed by atoms with Gasteiger partial charge in [0.2, 0.25) is 5.96 Å². The number of anilines is 1. The second-order valence-electron chi connectivity index (χ2n) is 7.53. The summed E-state index contributed by atoms with van der Waals surface area (Å²) < 4.78 is 34.7. The lowest BCUT2D eigenvalue weighted by Gasteiger charge is -2.41. The molecular weight excluding hydrogens is 368 g/mol. The fraction of sp³-hybridized carbons (Fsp3) is 0.556. The Kier molecular flexibility index (Phi) is 5.07. The maximum absolute atomic E-state index is 12.6. The van der Waals surface area contributed by atoms with E-state index in [1.54, 1.807) is 23.1 Å². The monoisotopic (exact) mass is 394 g/mol. The summed E-state index contributed by atoms with van der Waals surface area (Å²) in [6, 6.07) is 6.89. The predicted octanol–water partition coefficient (Wildman–Crippen LogP) is 2.12. The third kappa shape index (κ3) is 4.02. The Morgan fingerprint density at radius 3 is 2.37 bits per heavy atom. The number of amides is 1. The van der Waals surface area contributed by atoms with E-state index in [1.807, 2.05) is 43.6 Å². The van der Waals surface area contributed by atoms with Crippen LogP contribution in [0.15, 0.2) is 33.6 Å². The summed E-state index contributed by atoms with van der Waals surface area (Å²) in [7, 11) is -3.74. The van der Waals surface area contributed by atoms with E-state index in [0.29, 0.717) is 44.4 Å². The molecule has 9 heteroatoms. The molecule has 148 valence electrons. The second-order valence-corrected chi connectivity index (χ2v) is 9.11. The lowest BCUT2D eigenvalue weighted by molar-refractivity contribution is 0.0186.